The second-order valence-corrected chi connectivity index (χ2v) is 7.15. The SMILES string of the molecule is CCc1ccccc1C1=CC2CCC(C1)N2C(=O)OCc1ccccc1. The Kier molecular flexibility index (Phi) is 4.79. The lowest BCUT2D eigenvalue weighted by molar-refractivity contribution is 0.0832. The quantitative estimate of drug-likeness (QED) is 0.760. The molecular weight excluding hydrogens is 322 g/mol. The van der Waals surface area contributed by atoms with Crippen LogP contribution < -0.4 is 0 Å². The first-order valence-electron chi connectivity index (χ1n) is 9.54. The average molecular weight is 347 g/mol. The third kappa shape index (κ3) is 3.26. The highest BCUT2D eigenvalue weighted by Crippen LogP contribution is 2.39. The van der Waals surface area contributed by atoms with Gasteiger partial charge >= 0.3 is 6.09 Å². The first kappa shape index (κ1) is 16.9. The molecule has 1 amide bonds. The number of carbonyl (C=O) groups is 1. The molecule has 2 atom stereocenters. The van der Waals surface area contributed by atoms with Crippen LogP contribution in [-0.2, 0) is 17.8 Å². The molecule has 4 rings (SSSR count). The highest BCUT2D eigenvalue weighted by molar-refractivity contribution is 5.76. The monoisotopic (exact) mass is 347 g/mol. The number of nitrogens with zero attached hydrogens (tertiary/aromatic N) is 1. The second kappa shape index (κ2) is 7.36. The molecule has 1 saturated heterocycles. The number of ether oxygens (including phenoxy) is 1. The van der Waals surface area contributed by atoms with E-state index < -0.39 is 0 Å². The molecule has 0 spiro atoms. The summed E-state index contributed by atoms with van der Waals surface area (Å²) in [6, 6.07) is 18.9. The highest BCUT2D eigenvalue weighted by Gasteiger charge is 2.40. The van der Waals surface area contributed by atoms with Gasteiger partial charge < -0.3 is 4.74 Å². The van der Waals surface area contributed by atoms with E-state index in [0.717, 1.165) is 31.2 Å². The van der Waals surface area contributed by atoms with Gasteiger partial charge in [-0.2, -0.15) is 0 Å². The van der Waals surface area contributed by atoms with Gasteiger partial charge in [-0.3, -0.25) is 4.90 Å². The van der Waals surface area contributed by atoms with Gasteiger partial charge in [-0.05, 0) is 47.9 Å². The number of rotatable bonds is 4. The van der Waals surface area contributed by atoms with Gasteiger partial charge in [0, 0.05) is 6.04 Å². The molecule has 2 aromatic rings. The fourth-order valence-corrected chi connectivity index (χ4v) is 4.25. The maximum absolute atomic E-state index is 12.7. The molecule has 2 aromatic carbocycles. The van der Waals surface area contributed by atoms with Gasteiger partial charge in [0.2, 0.25) is 0 Å². The number of aryl methyl sites for hydroxylation is 1. The van der Waals surface area contributed by atoms with Crippen molar-refractivity contribution in [3.8, 4) is 0 Å². The van der Waals surface area contributed by atoms with Crippen LogP contribution in [0, 0.1) is 0 Å². The van der Waals surface area contributed by atoms with Gasteiger partial charge in [-0.25, -0.2) is 4.79 Å². The lowest BCUT2D eigenvalue weighted by atomic mass is 9.91. The Morgan fingerprint density at radius 3 is 2.62 bits per heavy atom. The Morgan fingerprint density at radius 2 is 1.85 bits per heavy atom. The van der Waals surface area contributed by atoms with Gasteiger partial charge in [0.05, 0.1) is 6.04 Å². The van der Waals surface area contributed by atoms with Crippen LogP contribution in [0.4, 0.5) is 4.79 Å². The highest BCUT2D eigenvalue weighted by atomic mass is 16.6. The first-order valence-corrected chi connectivity index (χ1v) is 9.54. The van der Waals surface area contributed by atoms with Gasteiger partial charge in [0.1, 0.15) is 6.61 Å². The molecule has 0 saturated carbocycles. The summed E-state index contributed by atoms with van der Waals surface area (Å²) in [6.45, 7) is 2.54. The summed E-state index contributed by atoms with van der Waals surface area (Å²) < 4.78 is 5.59. The smallest absolute Gasteiger partial charge is 0.410 e. The zero-order valence-electron chi connectivity index (χ0n) is 15.2. The predicted molar refractivity (Wildman–Crippen MR) is 104 cm³/mol. The molecule has 26 heavy (non-hydrogen) atoms. The van der Waals surface area contributed by atoms with E-state index in [2.05, 4.69) is 37.3 Å². The van der Waals surface area contributed by atoms with Crippen molar-refractivity contribution >= 4 is 11.7 Å². The van der Waals surface area contributed by atoms with Crippen molar-refractivity contribution in [2.75, 3.05) is 0 Å². The minimum atomic E-state index is -0.180. The molecule has 2 aliphatic heterocycles. The van der Waals surface area contributed by atoms with Crippen molar-refractivity contribution in [1.82, 2.24) is 4.90 Å². The maximum Gasteiger partial charge on any atom is 0.410 e. The van der Waals surface area contributed by atoms with Gasteiger partial charge in [0.15, 0.2) is 0 Å². The Labute approximate surface area is 155 Å². The molecule has 2 bridgehead atoms. The summed E-state index contributed by atoms with van der Waals surface area (Å²) in [4.78, 5) is 14.6. The van der Waals surface area contributed by atoms with E-state index >= 15 is 0 Å². The Balaban J connectivity index is 1.49. The van der Waals surface area contributed by atoms with Crippen molar-refractivity contribution < 1.29 is 9.53 Å². The molecule has 3 nitrogen and oxygen atoms in total. The fourth-order valence-electron chi connectivity index (χ4n) is 4.25. The third-order valence-corrected chi connectivity index (χ3v) is 5.56. The number of hydrogen-bond donors (Lipinski definition) is 0. The minimum absolute atomic E-state index is 0.164. The molecule has 1 fully saturated rings. The molecule has 0 N–H and O–H groups in total. The molecule has 0 aliphatic carbocycles. The van der Waals surface area contributed by atoms with Gasteiger partial charge in [0.25, 0.3) is 0 Å². The van der Waals surface area contributed by atoms with Crippen molar-refractivity contribution in [2.24, 2.45) is 0 Å². The number of carbonyl (C=O) groups excluding carboxylic acids is 1. The first-order chi connectivity index (χ1) is 12.8. The molecular formula is C23H25NO2. The molecule has 0 aromatic heterocycles. The summed E-state index contributed by atoms with van der Waals surface area (Å²) in [5, 5.41) is 0. The summed E-state index contributed by atoms with van der Waals surface area (Å²) in [5.74, 6) is 0. The van der Waals surface area contributed by atoms with E-state index in [1.54, 1.807) is 0 Å². The molecule has 3 heteroatoms. The van der Waals surface area contributed by atoms with Crippen molar-refractivity contribution in [3.63, 3.8) is 0 Å². The van der Waals surface area contributed by atoms with E-state index in [-0.39, 0.29) is 18.2 Å². The normalized spacial score (nSPS) is 21.4. The molecule has 2 heterocycles. The third-order valence-electron chi connectivity index (χ3n) is 5.56. The number of amides is 1. The van der Waals surface area contributed by atoms with E-state index in [1.807, 2.05) is 35.2 Å². The molecule has 134 valence electrons. The van der Waals surface area contributed by atoms with Crippen LogP contribution in [-0.4, -0.2) is 23.1 Å². The number of benzene rings is 2. The van der Waals surface area contributed by atoms with Gasteiger partial charge in [-0.15, -0.1) is 0 Å². The lowest BCUT2D eigenvalue weighted by Crippen LogP contribution is -2.43. The average Bonchev–Trinajstić information content (AvgIpc) is 2.96. The Morgan fingerprint density at radius 1 is 1.08 bits per heavy atom. The fraction of sp³-hybridized carbons (Fsp3) is 0.348. The van der Waals surface area contributed by atoms with Crippen molar-refractivity contribution in [2.45, 2.75) is 51.3 Å². The molecule has 2 unspecified atom stereocenters. The largest absolute Gasteiger partial charge is 0.445 e. The number of hydrogen-bond acceptors (Lipinski definition) is 2. The van der Waals surface area contributed by atoms with Crippen LogP contribution in [0.3, 0.4) is 0 Å². The Bertz CT molecular complexity index is 812. The van der Waals surface area contributed by atoms with Crippen molar-refractivity contribution in [1.29, 1.82) is 0 Å². The maximum atomic E-state index is 12.7. The summed E-state index contributed by atoms with van der Waals surface area (Å²) in [6.07, 6.45) is 6.16. The van der Waals surface area contributed by atoms with E-state index in [1.165, 1.54) is 16.7 Å². The van der Waals surface area contributed by atoms with E-state index in [9.17, 15) is 4.79 Å². The zero-order valence-corrected chi connectivity index (χ0v) is 15.2. The molecule has 2 aliphatic rings. The van der Waals surface area contributed by atoms with Crippen LogP contribution in [0.1, 0.15) is 42.9 Å². The standard InChI is InChI=1S/C23H25NO2/c1-2-18-10-6-7-11-22(18)19-14-20-12-13-21(15-19)24(20)23(25)26-16-17-8-4-3-5-9-17/h3-11,14,20-21H,2,12-13,15-16H2,1H3. The van der Waals surface area contributed by atoms with E-state index in [4.69, 9.17) is 4.74 Å². The van der Waals surface area contributed by atoms with Crippen LogP contribution in [0.25, 0.3) is 5.57 Å². The second-order valence-electron chi connectivity index (χ2n) is 7.15. The van der Waals surface area contributed by atoms with Crippen LogP contribution in [0.5, 0.6) is 0 Å². The van der Waals surface area contributed by atoms with Gasteiger partial charge in [-0.1, -0.05) is 67.6 Å². The minimum Gasteiger partial charge on any atom is -0.445 e. The summed E-state index contributed by atoms with van der Waals surface area (Å²) >= 11 is 0. The lowest BCUT2D eigenvalue weighted by Gasteiger charge is -2.33. The summed E-state index contributed by atoms with van der Waals surface area (Å²) in [5.41, 5.74) is 5.16. The van der Waals surface area contributed by atoms with Crippen LogP contribution >= 0.6 is 0 Å². The number of fused-ring (bicyclic) bond motifs is 2. The van der Waals surface area contributed by atoms with Crippen LogP contribution in [0.15, 0.2) is 60.7 Å². The predicted octanol–water partition coefficient (Wildman–Crippen LogP) is 5.21. The topological polar surface area (TPSA) is 29.5 Å². The molecule has 0 radical (unpaired) electrons. The Hall–Kier alpha value is -2.55. The summed E-state index contributed by atoms with van der Waals surface area (Å²) in [7, 11) is 0. The zero-order chi connectivity index (χ0) is 17.9. The van der Waals surface area contributed by atoms with E-state index in [0.29, 0.717) is 6.61 Å². The van der Waals surface area contributed by atoms with Crippen LogP contribution in [0.2, 0.25) is 0 Å². The van der Waals surface area contributed by atoms with Crippen molar-refractivity contribution in [3.05, 3.63) is 77.4 Å².